The highest BCUT2D eigenvalue weighted by Gasteiger charge is 2.39. The quantitative estimate of drug-likeness (QED) is 0.820. The lowest BCUT2D eigenvalue weighted by atomic mass is 9.95. The van der Waals surface area contributed by atoms with E-state index < -0.39 is 0 Å². The molecule has 0 saturated carbocycles. The molecular weight excluding hydrogens is 220 g/mol. The minimum Gasteiger partial charge on any atom is -0.347 e. The van der Waals surface area contributed by atoms with Crippen LogP contribution in [0.15, 0.2) is 12.1 Å². The number of thiophene rings is 1. The second kappa shape index (κ2) is 3.86. The highest BCUT2D eigenvalue weighted by molar-refractivity contribution is 7.13. The van der Waals surface area contributed by atoms with Gasteiger partial charge in [-0.3, -0.25) is 4.79 Å². The molecule has 0 spiro atoms. The van der Waals surface area contributed by atoms with Crippen molar-refractivity contribution < 1.29 is 4.79 Å². The van der Waals surface area contributed by atoms with E-state index in [9.17, 15) is 4.79 Å². The first-order chi connectivity index (χ1) is 7.72. The van der Waals surface area contributed by atoms with Gasteiger partial charge in [0.15, 0.2) is 0 Å². The Morgan fingerprint density at radius 1 is 1.50 bits per heavy atom. The summed E-state index contributed by atoms with van der Waals surface area (Å²) in [6, 6.07) is 5.40. The summed E-state index contributed by atoms with van der Waals surface area (Å²) in [5.74, 6) is 0.0949. The molecule has 1 aromatic heterocycles. The third-order valence-corrected chi connectivity index (χ3v) is 4.58. The standard InChI is InChI=1S/C12H16N2OS/c1-7-2-5-11(16-7)12(15)14-10-6-8-3-4-9(10)13-8/h2,5,8-10,13H,3-4,6H2,1H3,(H,14,15). The summed E-state index contributed by atoms with van der Waals surface area (Å²) in [5, 5.41) is 6.68. The van der Waals surface area contributed by atoms with E-state index in [1.165, 1.54) is 17.7 Å². The Hall–Kier alpha value is -0.870. The SMILES string of the molecule is Cc1ccc(C(=O)NC2CC3CCC2N3)s1. The summed E-state index contributed by atoms with van der Waals surface area (Å²) in [6.07, 6.45) is 3.58. The molecule has 1 amide bonds. The van der Waals surface area contributed by atoms with Crippen molar-refractivity contribution in [1.82, 2.24) is 10.6 Å². The molecule has 3 unspecified atom stereocenters. The van der Waals surface area contributed by atoms with E-state index in [1.807, 2.05) is 19.1 Å². The Balaban J connectivity index is 1.65. The highest BCUT2D eigenvalue weighted by Crippen LogP contribution is 2.28. The molecule has 3 rings (SSSR count). The molecule has 4 heteroatoms. The molecule has 2 N–H and O–H groups in total. The van der Waals surface area contributed by atoms with Crippen LogP contribution in [0.25, 0.3) is 0 Å². The van der Waals surface area contributed by atoms with Crippen LogP contribution >= 0.6 is 11.3 Å². The van der Waals surface area contributed by atoms with Gasteiger partial charge >= 0.3 is 0 Å². The van der Waals surface area contributed by atoms with E-state index in [1.54, 1.807) is 11.3 Å². The molecule has 3 atom stereocenters. The van der Waals surface area contributed by atoms with Crippen LogP contribution in [0.5, 0.6) is 0 Å². The first-order valence-corrected chi connectivity index (χ1v) is 6.67. The van der Waals surface area contributed by atoms with Gasteiger partial charge in [0.05, 0.1) is 4.88 Å². The molecule has 2 bridgehead atoms. The zero-order valence-electron chi connectivity index (χ0n) is 9.32. The molecule has 16 heavy (non-hydrogen) atoms. The van der Waals surface area contributed by atoms with Crippen molar-refractivity contribution in [3.8, 4) is 0 Å². The summed E-state index contributed by atoms with van der Waals surface area (Å²) in [6.45, 7) is 2.03. The van der Waals surface area contributed by atoms with Gasteiger partial charge in [0.25, 0.3) is 5.91 Å². The van der Waals surface area contributed by atoms with E-state index in [0.717, 1.165) is 11.3 Å². The van der Waals surface area contributed by atoms with Gasteiger partial charge in [0, 0.05) is 23.0 Å². The van der Waals surface area contributed by atoms with Crippen molar-refractivity contribution in [2.75, 3.05) is 0 Å². The minimum absolute atomic E-state index is 0.0949. The normalized spacial score (nSPS) is 31.9. The fourth-order valence-electron chi connectivity index (χ4n) is 2.78. The first kappa shape index (κ1) is 10.3. The number of amides is 1. The van der Waals surface area contributed by atoms with Crippen LogP contribution in [0, 0.1) is 6.92 Å². The summed E-state index contributed by atoms with van der Waals surface area (Å²) in [4.78, 5) is 14.0. The van der Waals surface area contributed by atoms with Crippen molar-refractivity contribution in [2.45, 2.75) is 44.3 Å². The van der Waals surface area contributed by atoms with Crippen molar-refractivity contribution in [2.24, 2.45) is 0 Å². The maximum Gasteiger partial charge on any atom is 0.261 e. The molecule has 0 aliphatic carbocycles. The molecule has 1 aromatic rings. The fourth-order valence-corrected chi connectivity index (χ4v) is 3.55. The summed E-state index contributed by atoms with van der Waals surface area (Å²) in [5.41, 5.74) is 0. The maximum absolute atomic E-state index is 12.0. The molecule has 3 heterocycles. The summed E-state index contributed by atoms with van der Waals surface area (Å²) < 4.78 is 0. The van der Waals surface area contributed by atoms with Gasteiger partial charge in [0.2, 0.25) is 0 Å². The van der Waals surface area contributed by atoms with Crippen molar-refractivity contribution in [1.29, 1.82) is 0 Å². The van der Waals surface area contributed by atoms with Gasteiger partial charge in [-0.05, 0) is 38.3 Å². The highest BCUT2D eigenvalue weighted by atomic mass is 32.1. The van der Waals surface area contributed by atoms with Gasteiger partial charge in [-0.1, -0.05) is 0 Å². The second-order valence-corrected chi connectivity index (χ2v) is 6.06. The van der Waals surface area contributed by atoms with E-state index in [4.69, 9.17) is 0 Å². The van der Waals surface area contributed by atoms with Crippen LogP contribution in [0.4, 0.5) is 0 Å². The lowest BCUT2D eigenvalue weighted by Crippen LogP contribution is -2.42. The number of nitrogens with one attached hydrogen (secondary N) is 2. The Labute approximate surface area is 99.2 Å². The second-order valence-electron chi connectivity index (χ2n) is 4.77. The topological polar surface area (TPSA) is 41.1 Å². The van der Waals surface area contributed by atoms with Crippen LogP contribution < -0.4 is 10.6 Å². The molecular formula is C12H16N2OS. The van der Waals surface area contributed by atoms with Crippen LogP contribution in [0.1, 0.15) is 33.8 Å². The van der Waals surface area contributed by atoms with Crippen molar-refractivity contribution in [3.05, 3.63) is 21.9 Å². The summed E-state index contributed by atoms with van der Waals surface area (Å²) in [7, 11) is 0. The van der Waals surface area contributed by atoms with Gasteiger partial charge in [-0.25, -0.2) is 0 Å². The van der Waals surface area contributed by atoms with Crippen molar-refractivity contribution in [3.63, 3.8) is 0 Å². The van der Waals surface area contributed by atoms with Gasteiger partial charge < -0.3 is 10.6 Å². The smallest absolute Gasteiger partial charge is 0.261 e. The van der Waals surface area contributed by atoms with E-state index >= 15 is 0 Å². The Morgan fingerprint density at radius 3 is 2.94 bits per heavy atom. The molecule has 2 fully saturated rings. The first-order valence-electron chi connectivity index (χ1n) is 5.86. The zero-order valence-corrected chi connectivity index (χ0v) is 10.1. The van der Waals surface area contributed by atoms with Crippen LogP contribution in [-0.4, -0.2) is 24.0 Å². The number of carbonyl (C=O) groups is 1. The number of rotatable bonds is 2. The Kier molecular flexibility index (Phi) is 2.48. The van der Waals surface area contributed by atoms with Gasteiger partial charge in [-0.15, -0.1) is 11.3 Å². The van der Waals surface area contributed by atoms with Crippen LogP contribution in [-0.2, 0) is 0 Å². The number of carbonyl (C=O) groups excluding carboxylic acids is 1. The maximum atomic E-state index is 12.0. The Bertz CT molecular complexity index is 415. The van der Waals surface area contributed by atoms with E-state index in [0.29, 0.717) is 18.1 Å². The average Bonchev–Trinajstić information content (AvgIpc) is 2.92. The third kappa shape index (κ3) is 1.76. The largest absolute Gasteiger partial charge is 0.347 e. The number of aryl methyl sites for hydroxylation is 1. The fraction of sp³-hybridized carbons (Fsp3) is 0.583. The monoisotopic (exact) mass is 236 g/mol. The molecule has 0 aromatic carbocycles. The molecule has 2 aliphatic heterocycles. The molecule has 2 aliphatic rings. The minimum atomic E-state index is 0.0949. The van der Waals surface area contributed by atoms with Crippen LogP contribution in [0.2, 0.25) is 0 Å². The zero-order chi connectivity index (χ0) is 11.1. The predicted octanol–water partition coefficient (Wildman–Crippen LogP) is 1.68. The lowest BCUT2D eigenvalue weighted by molar-refractivity contribution is 0.0935. The molecule has 86 valence electrons. The Morgan fingerprint density at radius 2 is 2.38 bits per heavy atom. The number of hydrogen-bond donors (Lipinski definition) is 2. The van der Waals surface area contributed by atoms with E-state index in [-0.39, 0.29) is 5.91 Å². The molecule has 3 nitrogen and oxygen atoms in total. The third-order valence-electron chi connectivity index (χ3n) is 3.58. The molecule has 2 saturated heterocycles. The summed E-state index contributed by atoms with van der Waals surface area (Å²) >= 11 is 1.57. The van der Waals surface area contributed by atoms with Gasteiger partial charge in [-0.2, -0.15) is 0 Å². The van der Waals surface area contributed by atoms with Crippen molar-refractivity contribution >= 4 is 17.2 Å². The van der Waals surface area contributed by atoms with Crippen LogP contribution in [0.3, 0.4) is 0 Å². The lowest BCUT2D eigenvalue weighted by Gasteiger charge is -2.20. The average molecular weight is 236 g/mol. The number of hydrogen-bond acceptors (Lipinski definition) is 3. The van der Waals surface area contributed by atoms with E-state index in [2.05, 4.69) is 10.6 Å². The predicted molar refractivity (Wildman–Crippen MR) is 64.9 cm³/mol. The number of fused-ring (bicyclic) bond motifs is 2. The van der Waals surface area contributed by atoms with Gasteiger partial charge in [0.1, 0.15) is 0 Å². The molecule has 0 radical (unpaired) electrons.